The lowest BCUT2D eigenvalue weighted by Gasteiger charge is -2.21. The van der Waals surface area contributed by atoms with Crippen molar-refractivity contribution in [3.05, 3.63) is 24.3 Å². The van der Waals surface area contributed by atoms with Crippen molar-refractivity contribution in [3.8, 4) is 5.75 Å². The molecule has 1 fully saturated rings. The van der Waals surface area contributed by atoms with Gasteiger partial charge < -0.3 is 9.47 Å². The first kappa shape index (κ1) is 15.8. The van der Waals surface area contributed by atoms with Gasteiger partial charge in [-0.25, -0.2) is 8.42 Å². The van der Waals surface area contributed by atoms with Crippen LogP contribution in [0.4, 0.5) is 0 Å². The Morgan fingerprint density at radius 1 is 1.29 bits per heavy atom. The van der Waals surface area contributed by atoms with E-state index in [0.29, 0.717) is 5.75 Å². The van der Waals surface area contributed by atoms with E-state index in [2.05, 4.69) is 0 Å². The Labute approximate surface area is 124 Å². The van der Waals surface area contributed by atoms with Crippen LogP contribution in [0.1, 0.15) is 19.8 Å². The van der Waals surface area contributed by atoms with Crippen LogP contribution in [-0.4, -0.2) is 45.0 Å². The molecule has 0 atom stereocenters. The van der Waals surface area contributed by atoms with Crippen molar-refractivity contribution in [3.63, 3.8) is 0 Å². The average molecular weight is 313 g/mol. The number of sulfonamides is 1. The molecule has 1 aromatic carbocycles. The zero-order chi connectivity index (χ0) is 15.5. The van der Waals surface area contributed by atoms with Crippen LogP contribution in [-0.2, 0) is 19.6 Å². The summed E-state index contributed by atoms with van der Waals surface area (Å²) in [5.74, 6) is 0.0544. The fraction of sp³-hybridized carbons (Fsp3) is 0.500. The summed E-state index contributed by atoms with van der Waals surface area (Å²) >= 11 is 0. The van der Waals surface area contributed by atoms with Gasteiger partial charge in [-0.3, -0.25) is 4.79 Å². The molecule has 0 bridgehead atoms. The van der Waals surface area contributed by atoms with Crippen LogP contribution in [0.5, 0.6) is 5.75 Å². The first-order valence-corrected chi connectivity index (χ1v) is 8.24. The molecule has 0 unspecified atom stereocenters. The minimum atomic E-state index is -3.70. The number of esters is 1. The highest BCUT2D eigenvalue weighted by atomic mass is 32.2. The SMILES string of the molecule is CCOC(=O)CN(C1CC1)S(=O)(=O)c1ccc(OC)cc1. The Morgan fingerprint density at radius 2 is 1.90 bits per heavy atom. The van der Waals surface area contributed by atoms with Gasteiger partial charge in [-0.05, 0) is 44.0 Å². The minimum Gasteiger partial charge on any atom is -0.497 e. The summed E-state index contributed by atoms with van der Waals surface area (Å²) in [5.41, 5.74) is 0. The molecule has 0 aliphatic heterocycles. The van der Waals surface area contributed by atoms with Gasteiger partial charge in [0.05, 0.1) is 18.6 Å². The first-order chi connectivity index (χ1) is 9.98. The molecular weight excluding hydrogens is 294 g/mol. The fourth-order valence-electron chi connectivity index (χ4n) is 1.99. The van der Waals surface area contributed by atoms with Gasteiger partial charge in [-0.2, -0.15) is 4.31 Å². The van der Waals surface area contributed by atoms with Gasteiger partial charge in [0.15, 0.2) is 0 Å². The number of carbonyl (C=O) groups excluding carboxylic acids is 1. The summed E-state index contributed by atoms with van der Waals surface area (Å²) in [6.45, 7) is 1.68. The van der Waals surface area contributed by atoms with Crippen molar-refractivity contribution < 1.29 is 22.7 Å². The van der Waals surface area contributed by atoms with Gasteiger partial charge in [-0.1, -0.05) is 0 Å². The van der Waals surface area contributed by atoms with Crippen molar-refractivity contribution in [2.45, 2.75) is 30.7 Å². The number of rotatable bonds is 7. The van der Waals surface area contributed by atoms with Crippen LogP contribution in [0.2, 0.25) is 0 Å². The highest BCUT2D eigenvalue weighted by Crippen LogP contribution is 2.32. The van der Waals surface area contributed by atoms with Gasteiger partial charge in [0.1, 0.15) is 12.3 Å². The maximum Gasteiger partial charge on any atom is 0.321 e. The number of hydrogen-bond acceptors (Lipinski definition) is 5. The Bertz CT molecular complexity index is 592. The first-order valence-electron chi connectivity index (χ1n) is 6.80. The Hall–Kier alpha value is -1.60. The molecule has 0 N–H and O–H groups in total. The smallest absolute Gasteiger partial charge is 0.321 e. The molecule has 0 heterocycles. The molecule has 2 rings (SSSR count). The number of benzene rings is 1. The monoisotopic (exact) mass is 313 g/mol. The normalized spacial score (nSPS) is 15.0. The zero-order valence-corrected chi connectivity index (χ0v) is 12.9. The molecule has 0 spiro atoms. The minimum absolute atomic E-state index is 0.110. The van der Waals surface area contributed by atoms with Gasteiger partial charge in [0.25, 0.3) is 0 Å². The Morgan fingerprint density at radius 3 is 2.38 bits per heavy atom. The van der Waals surface area contributed by atoms with E-state index in [9.17, 15) is 13.2 Å². The zero-order valence-electron chi connectivity index (χ0n) is 12.1. The second-order valence-electron chi connectivity index (χ2n) is 4.76. The van der Waals surface area contributed by atoms with Crippen molar-refractivity contribution in [2.75, 3.05) is 20.3 Å². The van der Waals surface area contributed by atoms with E-state index in [-0.39, 0.29) is 24.1 Å². The summed E-state index contributed by atoms with van der Waals surface area (Å²) in [7, 11) is -2.18. The van der Waals surface area contributed by atoms with Crippen molar-refractivity contribution in [2.24, 2.45) is 0 Å². The second-order valence-corrected chi connectivity index (χ2v) is 6.65. The van der Waals surface area contributed by atoms with E-state index in [1.807, 2.05) is 0 Å². The molecule has 0 amide bonds. The van der Waals surface area contributed by atoms with E-state index in [1.165, 1.54) is 23.5 Å². The number of hydrogen-bond donors (Lipinski definition) is 0. The summed E-state index contributed by atoms with van der Waals surface area (Å²) < 4.78 is 36.4. The summed E-state index contributed by atoms with van der Waals surface area (Å²) in [6.07, 6.45) is 1.55. The number of nitrogens with zero attached hydrogens (tertiary/aromatic N) is 1. The average Bonchev–Trinajstić information content (AvgIpc) is 3.29. The Balaban J connectivity index is 2.22. The highest BCUT2D eigenvalue weighted by Gasteiger charge is 2.39. The molecule has 1 aliphatic carbocycles. The van der Waals surface area contributed by atoms with Crippen LogP contribution < -0.4 is 4.74 Å². The van der Waals surface area contributed by atoms with E-state index in [0.717, 1.165) is 12.8 Å². The van der Waals surface area contributed by atoms with E-state index in [1.54, 1.807) is 19.1 Å². The lowest BCUT2D eigenvalue weighted by Crippen LogP contribution is -2.38. The lowest BCUT2D eigenvalue weighted by atomic mass is 10.3. The van der Waals surface area contributed by atoms with Gasteiger partial charge in [-0.15, -0.1) is 0 Å². The van der Waals surface area contributed by atoms with Crippen LogP contribution in [0.3, 0.4) is 0 Å². The lowest BCUT2D eigenvalue weighted by molar-refractivity contribution is -0.143. The molecule has 1 aromatic rings. The Kier molecular flexibility index (Phi) is 4.84. The summed E-state index contributed by atoms with van der Waals surface area (Å²) in [6, 6.07) is 6.02. The number of carbonyl (C=O) groups is 1. The molecule has 7 heteroatoms. The van der Waals surface area contributed by atoms with Crippen LogP contribution in [0.25, 0.3) is 0 Å². The predicted molar refractivity (Wildman–Crippen MR) is 76.5 cm³/mol. The topological polar surface area (TPSA) is 72.9 Å². The third kappa shape index (κ3) is 3.74. The molecule has 0 radical (unpaired) electrons. The van der Waals surface area contributed by atoms with Gasteiger partial charge in [0, 0.05) is 6.04 Å². The predicted octanol–water partition coefficient (Wildman–Crippen LogP) is 1.41. The number of ether oxygens (including phenoxy) is 2. The standard InChI is InChI=1S/C14H19NO5S/c1-3-20-14(16)10-15(11-4-5-11)21(17,18)13-8-6-12(19-2)7-9-13/h6-9,11H,3-5,10H2,1-2H3. The van der Waals surface area contributed by atoms with Gasteiger partial charge in [0.2, 0.25) is 10.0 Å². The molecule has 0 aromatic heterocycles. The molecule has 21 heavy (non-hydrogen) atoms. The highest BCUT2D eigenvalue weighted by molar-refractivity contribution is 7.89. The largest absolute Gasteiger partial charge is 0.497 e. The maximum absolute atomic E-state index is 12.6. The van der Waals surface area contributed by atoms with Gasteiger partial charge >= 0.3 is 5.97 Å². The quantitative estimate of drug-likeness (QED) is 0.712. The third-order valence-corrected chi connectivity index (χ3v) is 5.12. The van der Waals surface area contributed by atoms with Crippen molar-refractivity contribution >= 4 is 16.0 Å². The molecule has 116 valence electrons. The van der Waals surface area contributed by atoms with Crippen LogP contribution >= 0.6 is 0 Å². The van der Waals surface area contributed by atoms with E-state index < -0.39 is 16.0 Å². The molecule has 6 nitrogen and oxygen atoms in total. The molecule has 1 aliphatic rings. The van der Waals surface area contributed by atoms with Crippen molar-refractivity contribution in [1.82, 2.24) is 4.31 Å². The maximum atomic E-state index is 12.6. The summed E-state index contributed by atoms with van der Waals surface area (Å²) in [5, 5.41) is 0. The van der Waals surface area contributed by atoms with Crippen LogP contribution in [0.15, 0.2) is 29.2 Å². The van der Waals surface area contributed by atoms with E-state index >= 15 is 0 Å². The third-order valence-electron chi connectivity index (χ3n) is 3.21. The molecule has 0 saturated heterocycles. The summed E-state index contributed by atoms with van der Waals surface area (Å²) in [4.78, 5) is 11.8. The molecular formula is C14H19NO5S. The van der Waals surface area contributed by atoms with Crippen LogP contribution in [0, 0.1) is 0 Å². The molecule has 1 saturated carbocycles. The van der Waals surface area contributed by atoms with Crippen molar-refractivity contribution in [1.29, 1.82) is 0 Å². The number of methoxy groups -OCH3 is 1. The van der Waals surface area contributed by atoms with E-state index in [4.69, 9.17) is 9.47 Å². The fourth-order valence-corrected chi connectivity index (χ4v) is 3.62. The second kappa shape index (κ2) is 6.44.